The summed E-state index contributed by atoms with van der Waals surface area (Å²) in [5, 5.41) is 9.44. The summed E-state index contributed by atoms with van der Waals surface area (Å²) < 4.78 is 5.42. The van der Waals surface area contributed by atoms with Crippen LogP contribution in [0.1, 0.15) is 34.1 Å². The van der Waals surface area contributed by atoms with Crippen molar-refractivity contribution >= 4 is 11.6 Å². The zero-order chi connectivity index (χ0) is 12.9. The minimum Gasteiger partial charge on any atom is -0.508 e. The molecule has 1 aliphatic heterocycles. The van der Waals surface area contributed by atoms with E-state index in [-0.39, 0.29) is 30.0 Å². The van der Waals surface area contributed by atoms with Crippen LogP contribution in [0.5, 0.6) is 5.75 Å². The van der Waals surface area contributed by atoms with Gasteiger partial charge in [-0.1, -0.05) is 0 Å². The van der Waals surface area contributed by atoms with E-state index >= 15 is 0 Å². The molecule has 4 heteroatoms. The second-order valence-corrected chi connectivity index (χ2v) is 4.67. The number of benzene rings is 1. The number of aromatic hydroxyl groups is 1. The fourth-order valence-electron chi connectivity index (χ4n) is 2.46. The number of rotatable bonds is 0. The van der Waals surface area contributed by atoms with Gasteiger partial charge in [0.05, 0.1) is 12.7 Å². The average Bonchev–Trinajstić information content (AvgIpc) is 2.35. The third-order valence-electron chi connectivity index (χ3n) is 3.41. The first-order valence-electron chi connectivity index (χ1n) is 5.84. The lowest BCUT2D eigenvalue weighted by atomic mass is 9.81. The number of carbonyl (C=O) groups excluding carboxylic acids is 2. The molecule has 1 aliphatic carbocycles. The number of Topliss-reactive ketones (excluding diaryl/α,β-unsaturated/α-hetero) is 2. The Kier molecular flexibility index (Phi) is 2.35. The maximum absolute atomic E-state index is 12.3. The summed E-state index contributed by atoms with van der Waals surface area (Å²) >= 11 is 0. The van der Waals surface area contributed by atoms with Crippen LogP contribution in [0.2, 0.25) is 0 Å². The topological polar surface area (TPSA) is 63.6 Å². The molecule has 4 nitrogen and oxygen atoms in total. The van der Waals surface area contributed by atoms with Gasteiger partial charge in [0, 0.05) is 28.7 Å². The van der Waals surface area contributed by atoms with E-state index in [9.17, 15) is 14.7 Å². The van der Waals surface area contributed by atoms with Crippen molar-refractivity contribution in [2.24, 2.45) is 0 Å². The van der Waals surface area contributed by atoms with E-state index < -0.39 is 0 Å². The zero-order valence-corrected chi connectivity index (χ0v) is 9.90. The van der Waals surface area contributed by atoms with Crippen LogP contribution in [0.25, 0.3) is 0 Å². The second-order valence-electron chi connectivity index (χ2n) is 4.67. The van der Waals surface area contributed by atoms with Crippen molar-refractivity contribution in [3.05, 3.63) is 40.5 Å². The molecule has 0 fully saturated rings. The number of fused-ring (bicyclic) bond motifs is 1. The largest absolute Gasteiger partial charge is 0.508 e. The Morgan fingerprint density at radius 2 is 1.89 bits per heavy atom. The van der Waals surface area contributed by atoms with Crippen molar-refractivity contribution in [3.8, 4) is 5.75 Å². The van der Waals surface area contributed by atoms with Crippen molar-refractivity contribution in [1.82, 2.24) is 0 Å². The van der Waals surface area contributed by atoms with Crippen molar-refractivity contribution in [2.45, 2.75) is 19.4 Å². The molecule has 0 radical (unpaired) electrons. The number of carbonyl (C=O) groups is 2. The van der Waals surface area contributed by atoms with Gasteiger partial charge in [-0.25, -0.2) is 0 Å². The molecule has 1 heterocycles. The molecular weight excluding hydrogens is 232 g/mol. The van der Waals surface area contributed by atoms with Crippen LogP contribution in [-0.4, -0.2) is 29.4 Å². The van der Waals surface area contributed by atoms with Gasteiger partial charge in [-0.15, -0.1) is 0 Å². The maximum Gasteiger partial charge on any atom is 0.192 e. The van der Waals surface area contributed by atoms with Crippen molar-refractivity contribution < 1.29 is 19.4 Å². The van der Waals surface area contributed by atoms with Gasteiger partial charge in [0.15, 0.2) is 11.6 Å². The summed E-state index contributed by atoms with van der Waals surface area (Å²) in [5.41, 5.74) is 1.66. The number of phenolic OH excluding ortho intramolecular Hbond substituents is 1. The number of phenols is 1. The minimum absolute atomic E-state index is 0.000872. The van der Waals surface area contributed by atoms with Crippen LogP contribution in [-0.2, 0) is 4.74 Å². The van der Waals surface area contributed by atoms with E-state index in [0.717, 1.165) is 0 Å². The Balaban J connectivity index is 2.18. The molecule has 1 aromatic carbocycles. The van der Waals surface area contributed by atoms with Gasteiger partial charge in [-0.05, 0) is 25.1 Å². The van der Waals surface area contributed by atoms with Crippen molar-refractivity contribution in [2.75, 3.05) is 6.61 Å². The van der Waals surface area contributed by atoms with Crippen molar-refractivity contribution in [1.29, 1.82) is 0 Å². The first-order chi connectivity index (χ1) is 8.58. The summed E-state index contributed by atoms with van der Waals surface area (Å²) in [6.07, 6.45) is 0.397. The molecule has 1 N–H and O–H groups in total. The summed E-state index contributed by atoms with van der Waals surface area (Å²) in [6, 6.07) is 4.27. The zero-order valence-electron chi connectivity index (χ0n) is 9.90. The predicted molar refractivity (Wildman–Crippen MR) is 63.8 cm³/mol. The Hall–Kier alpha value is -1.94. The molecule has 92 valence electrons. The van der Waals surface area contributed by atoms with E-state index in [0.29, 0.717) is 28.7 Å². The number of hydrogen-bond donors (Lipinski definition) is 1. The van der Waals surface area contributed by atoms with Gasteiger partial charge in [-0.3, -0.25) is 9.59 Å². The standard InChI is InChI=1S/C14H12O4/c1-7-4-10-12(6-18-7)13(16)9-3-2-8(15)5-11(9)14(10)17/h2-3,5,7,15H,4,6H2,1H3/t7-/m0/s1. The molecule has 0 aromatic heterocycles. The van der Waals surface area contributed by atoms with Crippen LogP contribution in [0, 0.1) is 0 Å². The van der Waals surface area contributed by atoms with Crippen LogP contribution in [0.15, 0.2) is 29.3 Å². The van der Waals surface area contributed by atoms with E-state index in [1.54, 1.807) is 0 Å². The van der Waals surface area contributed by atoms with Crippen LogP contribution in [0.3, 0.4) is 0 Å². The Morgan fingerprint density at radius 3 is 2.67 bits per heavy atom. The van der Waals surface area contributed by atoms with E-state index in [4.69, 9.17) is 4.74 Å². The Morgan fingerprint density at radius 1 is 1.17 bits per heavy atom. The fourth-order valence-corrected chi connectivity index (χ4v) is 2.46. The predicted octanol–water partition coefficient (Wildman–Crippen LogP) is 1.88. The lowest BCUT2D eigenvalue weighted by Crippen LogP contribution is -2.31. The summed E-state index contributed by atoms with van der Waals surface area (Å²) in [7, 11) is 0. The number of ether oxygens (including phenoxy) is 1. The molecule has 0 saturated heterocycles. The highest BCUT2D eigenvalue weighted by atomic mass is 16.5. The number of hydrogen-bond acceptors (Lipinski definition) is 4. The van der Waals surface area contributed by atoms with Gasteiger partial charge in [0.2, 0.25) is 0 Å². The summed E-state index contributed by atoms with van der Waals surface area (Å²) in [4.78, 5) is 24.6. The first-order valence-corrected chi connectivity index (χ1v) is 5.84. The van der Waals surface area contributed by atoms with E-state index in [1.165, 1.54) is 18.2 Å². The molecule has 0 amide bonds. The fraction of sp³-hybridized carbons (Fsp3) is 0.286. The van der Waals surface area contributed by atoms with Gasteiger partial charge < -0.3 is 9.84 Å². The van der Waals surface area contributed by atoms with Gasteiger partial charge >= 0.3 is 0 Å². The third kappa shape index (κ3) is 1.49. The quantitative estimate of drug-likeness (QED) is 0.756. The summed E-state index contributed by atoms with van der Waals surface area (Å²) in [5.74, 6) is -0.323. The van der Waals surface area contributed by atoms with Crippen LogP contribution < -0.4 is 0 Å². The van der Waals surface area contributed by atoms with E-state index in [2.05, 4.69) is 0 Å². The highest BCUT2D eigenvalue weighted by Gasteiger charge is 2.35. The van der Waals surface area contributed by atoms with E-state index in [1.807, 2.05) is 6.92 Å². The SMILES string of the molecule is C[C@H]1CC2=C(CO1)C(=O)c1ccc(O)cc1C2=O. The molecule has 0 spiro atoms. The average molecular weight is 244 g/mol. The van der Waals surface area contributed by atoms with Crippen molar-refractivity contribution in [3.63, 3.8) is 0 Å². The van der Waals surface area contributed by atoms with Crippen LogP contribution >= 0.6 is 0 Å². The van der Waals surface area contributed by atoms with Crippen LogP contribution in [0.4, 0.5) is 0 Å². The highest BCUT2D eigenvalue weighted by molar-refractivity contribution is 6.27. The minimum atomic E-state index is -0.161. The van der Waals surface area contributed by atoms with Gasteiger partial charge in [-0.2, -0.15) is 0 Å². The Labute approximate surface area is 104 Å². The molecular formula is C14H12O4. The highest BCUT2D eigenvalue weighted by Crippen LogP contribution is 2.33. The molecule has 1 aromatic rings. The first kappa shape index (κ1) is 11.2. The molecule has 3 rings (SSSR count). The smallest absolute Gasteiger partial charge is 0.192 e. The lowest BCUT2D eigenvalue weighted by Gasteiger charge is -2.28. The molecule has 0 unspecified atom stereocenters. The molecule has 1 atom stereocenters. The summed E-state index contributed by atoms with van der Waals surface area (Å²) in [6.45, 7) is 2.07. The molecule has 18 heavy (non-hydrogen) atoms. The third-order valence-corrected chi connectivity index (χ3v) is 3.41. The normalized spacial score (nSPS) is 22.8. The van der Waals surface area contributed by atoms with Gasteiger partial charge in [0.25, 0.3) is 0 Å². The molecule has 0 saturated carbocycles. The second kappa shape index (κ2) is 3.78. The Bertz CT molecular complexity index is 598. The van der Waals surface area contributed by atoms with Gasteiger partial charge in [0.1, 0.15) is 5.75 Å². The molecule has 2 aliphatic rings. The maximum atomic E-state index is 12.3. The molecule has 0 bridgehead atoms. The lowest BCUT2D eigenvalue weighted by molar-refractivity contribution is 0.0616. The number of ketones is 2. The monoisotopic (exact) mass is 244 g/mol.